The predicted octanol–water partition coefficient (Wildman–Crippen LogP) is 4.58. The van der Waals surface area contributed by atoms with E-state index in [4.69, 9.17) is 25.8 Å². The first-order chi connectivity index (χ1) is 12.9. The Kier molecular flexibility index (Phi) is 7.44. The van der Waals surface area contributed by atoms with E-state index in [2.05, 4.69) is 0 Å². The summed E-state index contributed by atoms with van der Waals surface area (Å²) < 4.78 is 15.9. The molecule has 0 unspecified atom stereocenters. The minimum atomic E-state index is -0.628. The van der Waals surface area contributed by atoms with E-state index in [0.29, 0.717) is 22.1 Å². The normalized spacial score (nSPS) is 10.9. The van der Waals surface area contributed by atoms with Crippen molar-refractivity contribution in [3.05, 3.63) is 64.7 Å². The monoisotopic (exact) mass is 388 g/mol. The van der Waals surface area contributed by atoms with Crippen LogP contribution in [0.5, 0.6) is 11.5 Å². The maximum absolute atomic E-state index is 12.0. The van der Waals surface area contributed by atoms with Gasteiger partial charge in [-0.15, -0.1) is 0 Å². The van der Waals surface area contributed by atoms with Gasteiger partial charge in [0.15, 0.2) is 18.1 Å². The topological polar surface area (TPSA) is 61.8 Å². The number of carbonyl (C=O) groups excluding carboxylic acids is 2. The maximum atomic E-state index is 12.0. The number of ether oxygens (including phenoxy) is 3. The van der Waals surface area contributed by atoms with E-state index in [1.807, 2.05) is 13.8 Å². The first kappa shape index (κ1) is 20.5. The van der Waals surface area contributed by atoms with Crippen molar-refractivity contribution in [1.82, 2.24) is 0 Å². The number of hydrogen-bond acceptors (Lipinski definition) is 5. The van der Waals surface area contributed by atoms with Crippen molar-refractivity contribution in [2.45, 2.75) is 20.0 Å². The molecular weight excluding hydrogens is 368 g/mol. The average Bonchev–Trinajstić information content (AvgIpc) is 2.65. The lowest BCUT2D eigenvalue weighted by atomic mass is 10.1. The third-order valence-corrected chi connectivity index (χ3v) is 3.81. The molecule has 0 amide bonds. The van der Waals surface area contributed by atoms with Gasteiger partial charge >= 0.3 is 5.97 Å². The molecule has 2 rings (SSSR count). The zero-order valence-corrected chi connectivity index (χ0v) is 16.2. The van der Waals surface area contributed by atoms with Gasteiger partial charge in [-0.25, -0.2) is 4.79 Å². The predicted molar refractivity (Wildman–Crippen MR) is 105 cm³/mol. The van der Waals surface area contributed by atoms with Gasteiger partial charge in [-0.1, -0.05) is 29.8 Å². The number of esters is 1. The lowest BCUT2D eigenvalue weighted by Gasteiger charge is -2.13. The molecule has 27 heavy (non-hydrogen) atoms. The first-order valence-electron chi connectivity index (χ1n) is 8.38. The summed E-state index contributed by atoms with van der Waals surface area (Å²) in [7, 11) is 1.55. The Hall–Kier alpha value is -2.79. The molecule has 0 saturated heterocycles. The molecule has 142 valence electrons. The van der Waals surface area contributed by atoms with E-state index in [0.717, 1.165) is 5.56 Å². The second-order valence-electron chi connectivity index (χ2n) is 5.92. The number of hydrogen-bond donors (Lipinski definition) is 0. The molecule has 0 aliphatic rings. The van der Waals surface area contributed by atoms with Crippen molar-refractivity contribution >= 4 is 29.4 Å². The first-order valence-corrected chi connectivity index (χ1v) is 8.75. The molecule has 0 aliphatic heterocycles. The molecule has 5 nitrogen and oxygen atoms in total. The van der Waals surface area contributed by atoms with Crippen LogP contribution in [-0.4, -0.2) is 31.6 Å². The van der Waals surface area contributed by atoms with Crippen molar-refractivity contribution in [3.8, 4) is 11.5 Å². The fourth-order valence-corrected chi connectivity index (χ4v) is 2.49. The van der Waals surface area contributed by atoms with Crippen LogP contribution in [0.15, 0.2) is 48.5 Å². The zero-order chi connectivity index (χ0) is 19.8. The second-order valence-corrected chi connectivity index (χ2v) is 6.33. The van der Waals surface area contributed by atoms with Crippen LogP contribution in [-0.2, 0) is 9.53 Å². The van der Waals surface area contributed by atoms with Crippen molar-refractivity contribution in [1.29, 1.82) is 0 Å². The van der Waals surface area contributed by atoms with Crippen molar-refractivity contribution < 1.29 is 23.8 Å². The van der Waals surface area contributed by atoms with E-state index in [1.165, 1.54) is 6.08 Å². The summed E-state index contributed by atoms with van der Waals surface area (Å²) in [5.41, 5.74) is 1.05. The molecule has 2 aromatic carbocycles. The number of rotatable bonds is 8. The van der Waals surface area contributed by atoms with Crippen LogP contribution in [0.2, 0.25) is 5.02 Å². The highest BCUT2D eigenvalue weighted by Gasteiger charge is 2.12. The maximum Gasteiger partial charge on any atom is 0.331 e. The van der Waals surface area contributed by atoms with Crippen LogP contribution in [0.25, 0.3) is 6.08 Å². The Morgan fingerprint density at radius 2 is 1.85 bits per heavy atom. The lowest BCUT2D eigenvalue weighted by Crippen LogP contribution is -2.12. The highest BCUT2D eigenvalue weighted by molar-refractivity contribution is 6.34. The van der Waals surface area contributed by atoms with Gasteiger partial charge in [0.1, 0.15) is 0 Å². The Balaban J connectivity index is 1.96. The zero-order valence-electron chi connectivity index (χ0n) is 15.4. The fraction of sp³-hybridized carbons (Fsp3) is 0.238. The van der Waals surface area contributed by atoms with Crippen LogP contribution in [0.3, 0.4) is 0 Å². The molecule has 0 heterocycles. The summed E-state index contributed by atoms with van der Waals surface area (Å²) in [4.78, 5) is 23.9. The summed E-state index contributed by atoms with van der Waals surface area (Å²) in [6.07, 6.45) is 2.84. The number of halogens is 1. The molecule has 0 aliphatic carbocycles. The fourth-order valence-electron chi connectivity index (χ4n) is 2.25. The van der Waals surface area contributed by atoms with Gasteiger partial charge in [-0.05, 0) is 49.8 Å². The lowest BCUT2D eigenvalue weighted by molar-refractivity contribution is -0.136. The number of ketones is 1. The van der Waals surface area contributed by atoms with Crippen molar-refractivity contribution in [3.63, 3.8) is 0 Å². The molecule has 2 aromatic rings. The van der Waals surface area contributed by atoms with Crippen molar-refractivity contribution in [2.75, 3.05) is 13.7 Å². The Labute approximate surface area is 163 Å². The van der Waals surface area contributed by atoms with Gasteiger partial charge in [-0.3, -0.25) is 4.79 Å². The van der Waals surface area contributed by atoms with Gasteiger partial charge in [0.05, 0.1) is 18.2 Å². The van der Waals surface area contributed by atoms with Gasteiger partial charge in [-0.2, -0.15) is 0 Å². The molecule has 0 fully saturated rings. The summed E-state index contributed by atoms with van der Waals surface area (Å²) in [6.45, 7) is 3.47. The Morgan fingerprint density at radius 3 is 2.52 bits per heavy atom. The summed E-state index contributed by atoms with van der Waals surface area (Å²) >= 11 is 5.95. The molecule has 0 atom stereocenters. The molecule has 0 aromatic heterocycles. The molecule has 0 saturated carbocycles. The number of methoxy groups -OCH3 is 1. The number of carbonyl (C=O) groups is 2. The number of benzene rings is 2. The standard InChI is InChI=1S/C21H21ClO5/c1-14(2)27-19-10-8-15(12-20(19)25-3)9-11-21(24)26-13-18(23)16-6-4-5-7-17(16)22/h4-12,14H,13H2,1-3H3/b11-9+. The Morgan fingerprint density at radius 1 is 1.11 bits per heavy atom. The minimum absolute atomic E-state index is 0.0194. The summed E-state index contributed by atoms with van der Waals surface area (Å²) in [6, 6.07) is 11.9. The van der Waals surface area contributed by atoms with E-state index in [-0.39, 0.29) is 18.5 Å². The molecule has 0 radical (unpaired) electrons. The highest BCUT2D eigenvalue weighted by atomic mass is 35.5. The SMILES string of the molecule is COc1cc(/C=C/C(=O)OCC(=O)c2ccccc2Cl)ccc1OC(C)C. The highest BCUT2D eigenvalue weighted by Crippen LogP contribution is 2.29. The van der Waals surface area contributed by atoms with Crippen LogP contribution in [0.1, 0.15) is 29.8 Å². The van der Waals surface area contributed by atoms with Crippen LogP contribution in [0, 0.1) is 0 Å². The molecule has 6 heteroatoms. The molecule has 0 spiro atoms. The molecule has 0 N–H and O–H groups in total. The van der Waals surface area contributed by atoms with E-state index in [1.54, 1.807) is 55.7 Å². The smallest absolute Gasteiger partial charge is 0.331 e. The number of Topliss-reactive ketones (excluding diaryl/α,β-unsaturated/α-hetero) is 1. The summed E-state index contributed by atoms with van der Waals surface area (Å²) in [5.74, 6) is 0.196. The van der Waals surface area contributed by atoms with Crippen molar-refractivity contribution in [2.24, 2.45) is 0 Å². The summed E-state index contributed by atoms with van der Waals surface area (Å²) in [5, 5.41) is 0.324. The quantitative estimate of drug-likeness (QED) is 0.376. The largest absolute Gasteiger partial charge is 0.493 e. The third kappa shape index (κ3) is 6.15. The van der Waals surface area contributed by atoms with Crippen LogP contribution in [0.4, 0.5) is 0 Å². The third-order valence-electron chi connectivity index (χ3n) is 3.48. The Bertz CT molecular complexity index is 842. The van der Waals surface area contributed by atoms with Gasteiger partial charge in [0.2, 0.25) is 5.78 Å². The van der Waals surface area contributed by atoms with Crippen LogP contribution >= 0.6 is 11.6 Å². The van der Waals surface area contributed by atoms with Gasteiger partial charge < -0.3 is 14.2 Å². The minimum Gasteiger partial charge on any atom is -0.493 e. The second kappa shape index (κ2) is 9.78. The van der Waals surface area contributed by atoms with Crippen LogP contribution < -0.4 is 9.47 Å². The average molecular weight is 389 g/mol. The molecular formula is C21H21ClO5. The van der Waals surface area contributed by atoms with Gasteiger partial charge in [0.25, 0.3) is 0 Å². The van der Waals surface area contributed by atoms with E-state index in [9.17, 15) is 9.59 Å². The van der Waals surface area contributed by atoms with E-state index >= 15 is 0 Å². The van der Waals surface area contributed by atoms with Gasteiger partial charge in [0, 0.05) is 11.6 Å². The van der Waals surface area contributed by atoms with E-state index < -0.39 is 5.97 Å². The molecule has 0 bridgehead atoms.